The number of hydrogen-bond acceptors (Lipinski definition) is 6. The molecule has 152 valence electrons. The molecule has 2 heterocycles. The van der Waals surface area contributed by atoms with Crippen molar-refractivity contribution in [2.24, 2.45) is 11.1 Å². The van der Waals surface area contributed by atoms with Crippen molar-refractivity contribution in [1.82, 2.24) is 10.3 Å². The van der Waals surface area contributed by atoms with Crippen LogP contribution in [-0.4, -0.2) is 38.9 Å². The number of hydrogen-bond donors (Lipinski definition) is 2. The summed E-state index contributed by atoms with van der Waals surface area (Å²) in [6.45, 7) is 3.92. The Kier molecular flexibility index (Phi) is 5.28. The lowest BCUT2D eigenvalue weighted by atomic mass is 10.00. The third kappa shape index (κ3) is 4.42. The van der Waals surface area contributed by atoms with Crippen molar-refractivity contribution in [1.29, 1.82) is 0 Å². The maximum absolute atomic E-state index is 12.3. The van der Waals surface area contributed by atoms with Crippen LogP contribution in [0.2, 0.25) is 0 Å². The first-order valence-electron chi connectivity index (χ1n) is 9.31. The van der Waals surface area contributed by atoms with Gasteiger partial charge >= 0.3 is 0 Å². The Morgan fingerprint density at radius 2 is 1.97 bits per heavy atom. The predicted octanol–water partition coefficient (Wildman–Crippen LogP) is 2.05. The molecule has 1 aromatic heterocycles. The summed E-state index contributed by atoms with van der Waals surface area (Å²) in [6, 6.07) is 12.6. The molecule has 0 saturated carbocycles. The van der Waals surface area contributed by atoms with Crippen molar-refractivity contribution in [3.05, 3.63) is 53.6 Å². The third-order valence-electron chi connectivity index (χ3n) is 5.02. The average Bonchev–Trinajstić information content (AvgIpc) is 3.02. The predicted molar refractivity (Wildman–Crippen MR) is 115 cm³/mol. The minimum absolute atomic E-state index is 0.0338. The molecule has 0 spiro atoms. The SMILES string of the molecule is Cc1ccc2nc(N3CC(C(=O)NCCc4ccc(S(N)(=O)=O)cc4)C3)sc2c1. The summed E-state index contributed by atoms with van der Waals surface area (Å²) in [5.74, 6) is 0.00729. The Morgan fingerprint density at radius 3 is 2.66 bits per heavy atom. The van der Waals surface area contributed by atoms with Gasteiger partial charge in [-0.2, -0.15) is 0 Å². The minimum atomic E-state index is -3.68. The molecule has 1 aliphatic heterocycles. The second-order valence-corrected chi connectivity index (χ2v) is 9.87. The lowest BCUT2D eigenvalue weighted by molar-refractivity contribution is -0.125. The third-order valence-corrected chi connectivity index (χ3v) is 7.03. The molecule has 0 bridgehead atoms. The molecule has 7 nitrogen and oxygen atoms in total. The second kappa shape index (κ2) is 7.74. The van der Waals surface area contributed by atoms with Crippen LogP contribution in [0.4, 0.5) is 5.13 Å². The summed E-state index contributed by atoms with van der Waals surface area (Å²) >= 11 is 1.66. The lowest BCUT2D eigenvalue weighted by Crippen LogP contribution is -2.54. The van der Waals surface area contributed by atoms with Crippen molar-refractivity contribution < 1.29 is 13.2 Å². The fourth-order valence-corrected chi connectivity index (χ4v) is 4.87. The van der Waals surface area contributed by atoms with E-state index in [1.54, 1.807) is 23.5 Å². The molecular formula is C20H22N4O3S2. The highest BCUT2D eigenvalue weighted by Gasteiger charge is 2.34. The first-order valence-corrected chi connectivity index (χ1v) is 11.7. The number of thiazole rings is 1. The molecule has 9 heteroatoms. The van der Waals surface area contributed by atoms with Crippen LogP contribution in [0, 0.1) is 12.8 Å². The number of anilines is 1. The van der Waals surface area contributed by atoms with E-state index in [1.807, 2.05) is 6.07 Å². The van der Waals surface area contributed by atoms with Gasteiger partial charge in [0.2, 0.25) is 15.9 Å². The van der Waals surface area contributed by atoms with E-state index in [-0.39, 0.29) is 16.7 Å². The summed E-state index contributed by atoms with van der Waals surface area (Å²) < 4.78 is 23.7. The molecule has 0 aliphatic carbocycles. The van der Waals surface area contributed by atoms with E-state index in [1.165, 1.54) is 22.4 Å². The molecule has 1 aliphatic rings. The minimum Gasteiger partial charge on any atom is -0.355 e. The van der Waals surface area contributed by atoms with Crippen molar-refractivity contribution in [2.75, 3.05) is 24.5 Å². The maximum atomic E-state index is 12.3. The Labute approximate surface area is 173 Å². The number of rotatable bonds is 6. The van der Waals surface area contributed by atoms with E-state index < -0.39 is 10.0 Å². The molecule has 0 atom stereocenters. The van der Waals surface area contributed by atoms with Gasteiger partial charge in [0.15, 0.2) is 5.13 Å². The van der Waals surface area contributed by atoms with Gasteiger partial charge in [0, 0.05) is 19.6 Å². The smallest absolute Gasteiger partial charge is 0.238 e. The Bertz CT molecular complexity index is 1150. The normalized spacial score (nSPS) is 14.8. The maximum Gasteiger partial charge on any atom is 0.238 e. The fraction of sp³-hybridized carbons (Fsp3) is 0.300. The van der Waals surface area contributed by atoms with Crippen LogP contribution in [0.1, 0.15) is 11.1 Å². The number of benzene rings is 2. The highest BCUT2D eigenvalue weighted by Crippen LogP contribution is 2.33. The number of aromatic nitrogens is 1. The molecule has 2 aromatic carbocycles. The van der Waals surface area contributed by atoms with Crippen molar-refractivity contribution in [2.45, 2.75) is 18.2 Å². The van der Waals surface area contributed by atoms with Gasteiger partial charge in [0.05, 0.1) is 21.0 Å². The van der Waals surface area contributed by atoms with Crippen LogP contribution >= 0.6 is 11.3 Å². The zero-order valence-electron chi connectivity index (χ0n) is 16.0. The number of aryl methyl sites for hydroxylation is 1. The Morgan fingerprint density at radius 1 is 1.24 bits per heavy atom. The van der Waals surface area contributed by atoms with E-state index in [2.05, 4.69) is 34.3 Å². The summed E-state index contributed by atoms with van der Waals surface area (Å²) in [4.78, 5) is 19.2. The summed E-state index contributed by atoms with van der Waals surface area (Å²) in [7, 11) is -3.68. The number of nitrogens with zero attached hydrogens (tertiary/aromatic N) is 2. The Hall–Kier alpha value is -2.49. The molecule has 3 aromatic rings. The molecule has 29 heavy (non-hydrogen) atoms. The molecule has 0 unspecified atom stereocenters. The van der Waals surface area contributed by atoms with Crippen LogP contribution in [0.15, 0.2) is 47.4 Å². The van der Waals surface area contributed by atoms with E-state index in [9.17, 15) is 13.2 Å². The second-order valence-electron chi connectivity index (χ2n) is 7.30. The van der Waals surface area contributed by atoms with Gasteiger partial charge in [-0.3, -0.25) is 4.79 Å². The van der Waals surface area contributed by atoms with Gasteiger partial charge in [-0.15, -0.1) is 0 Å². The molecule has 1 amide bonds. The number of nitrogens with one attached hydrogen (secondary N) is 1. The highest BCUT2D eigenvalue weighted by atomic mass is 32.2. The number of carbonyl (C=O) groups excluding carboxylic acids is 1. The molecule has 3 N–H and O–H groups in total. The summed E-state index contributed by atoms with van der Waals surface area (Å²) in [5, 5.41) is 9.01. The van der Waals surface area contributed by atoms with Crippen LogP contribution < -0.4 is 15.4 Å². The fourth-order valence-electron chi connectivity index (χ4n) is 3.28. The van der Waals surface area contributed by atoms with Gasteiger partial charge in [-0.25, -0.2) is 18.5 Å². The lowest BCUT2D eigenvalue weighted by Gasteiger charge is -2.37. The van der Waals surface area contributed by atoms with Crippen molar-refractivity contribution in [3.8, 4) is 0 Å². The van der Waals surface area contributed by atoms with Gasteiger partial charge < -0.3 is 10.2 Å². The number of nitrogens with two attached hydrogens (primary N) is 1. The van der Waals surface area contributed by atoms with Crippen molar-refractivity contribution in [3.63, 3.8) is 0 Å². The van der Waals surface area contributed by atoms with Crippen LogP contribution in [0.3, 0.4) is 0 Å². The number of primary sulfonamides is 1. The quantitative estimate of drug-likeness (QED) is 0.623. The first kappa shape index (κ1) is 19.8. The topological polar surface area (TPSA) is 105 Å². The van der Waals surface area contributed by atoms with E-state index >= 15 is 0 Å². The molecule has 1 saturated heterocycles. The number of sulfonamides is 1. The van der Waals surface area contributed by atoms with Crippen molar-refractivity contribution >= 4 is 42.6 Å². The molecule has 4 rings (SSSR count). The number of fused-ring (bicyclic) bond motifs is 1. The van der Waals surface area contributed by atoms with Crippen LogP contribution in [0.25, 0.3) is 10.2 Å². The average molecular weight is 431 g/mol. The van der Waals surface area contributed by atoms with E-state index in [0.29, 0.717) is 26.1 Å². The van der Waals surface area contributed by atoms with Gasteiger partial charge in [-0.1, -0.05) is 29.5 Å². The number of carbonyl (C=O) groups is 1. The molecule has 1 fully saturated rings. The largest absolute Gasteiger partial charge is 0.355 e. The van der Waals surface area contributed by atoms with Crippen LogP contribution in [-0.2, 0) is 21.2 Å². The standard InChI is InChI=1S/C20H22N4O3S2/c1-13-2-7-17-18(10-13)28-20(23-17)24-11-15(12-24)19(25)22-9-8-14-3-5-16(6-4-14)29(21,26)27/h2-7,10,15H,8-9,11-12H2,1H3,(H,22,25)(H2,21,26,27). The van der Waals surface area contributed by atoms with Gasteiger partial charge in [-0.05, 0) is 48.7 Å². The van der Waals surface area contributed by atoms with E-state index in [4.69, 9.17) is 5.14 Å². The molecule has 0 radical (unpaired) electrons. The summed E-state index contributed by atoms with van der Waals surface area (Å²) in [5.41, 5.74) is 3.16. The van der Waals surface area contributed by atoms with E-state index in [0.717, 1.165) is 16.2 Å². The highest BCUT2D eigenvalue weighted by molar-refractivity contribution is 7.89. The monoisotopic (exact) mass is 430 g/mol. The summed E-state index contributed by atoms with van der Waals surface area (Å²) in [6.07, 6.45) is 0.629. The van der Waals surface area contributed by atoms with Gasteiger partial charge in [0.25, 0.3) is 0 Å². The Balaban J connectivity index is 1.25. The number of amides is 1. The zero-order valence-corrected chi connectivity index (χ0v) is 17.6. The molecular weight excluding hydrogens is 408 g/mol. The van der Waals surface area contributed by atoms with Gasteiger partial charge in [0.1, 0.15) is 0 Å². The van der Waals surface area contributed by atoms with Crippen LogP contribution in [0.5, 0.6) is 0 Å². The first-order chi connectivity index (χ1) is 13.8. The zero-order chi connectivity index (χ0) is 20.6.